The molecule has 0 radical (unpaired) electrons. The normalized spacial score (nSPS) is 21.7. The van der Waals surface area contributed by atoms with Crippen LogP contribution in [0.5, 0.6) is 0 Å². The summed E-state index contributed by atoms with van der Waals surface area (Å²) in [7, 11) is -2.69. The molecular weight excluding hydrogens is 463 g/mol. The highest BCUT2D eigenvalue weighted by Crippen LogP contribution is 2.46. The molecule has 2 atom stereocenters. The number of nitrogens with one attached hydrogen (secondary N) is 1. The van der Waals surface area contributed by atoms with Crippen LogP contribution in [0.1, 0.15) is 35.9 Å². The van der Waals surface area contributed by atoms with Crippen molar-refractivity contribution in [2.24, 2.45) is 0 Å². The van der Waals surface area contributed by atoms with Gasteiger partial charge in [-0.05, 0) is 41.9 Å². The number of sulfonamides is 1. The van der Waals surface area contributed by atoms with E-state index in [2.05, 4.69) is 5.10 Å². The third-order valence-electron chi connectivity index (χ3n) is 5.97. The Labute approximate surface area is 187 Å². The topological polar surface area (TPSA) is 99.7 Å². The van der Waals surface area contributed by atoms with Crippen LogP contribution in [0, 0.1) is 12.7 Å². The maximum absolute atomic E-state index is 15.0. The minimum atomic E-state index is -4.09. The zero-order chi connectivity index (χ0) is 22.9. The van der Waals surface area contributed by atoms with Gasteiger partial charge in [0.1, 0.15) is 17.4 Å². The molecular formula is C20H19ClFN4O5S+. The van der Waals surface area contributed by atoms with Crippen molar-refractivity contribution in [2.45, 2.75) is 30.7 Å². The minimum absolute atomic E-state index is 0.0258. The Morgan fingerprint density at radius 1 is 1.31 bits per heavy atom. The van der Waals surface area contributed by atoms with Crippen LogP contribution >= 0.6 is 11.6 Å². The van der Waals surface area contributed by atoms with E-state index in [9.17, 15) is 13.2 Å². The summed E-state index contributed by atoms with van der Waals surface area (Å²) in [6.07, 6.45) is 0. The summed E-state index contributed by atoms with van der Waals surface area (Å²) in [6.45, 7) is 3.25. The van der Waals surface area contributed by atoms with Crippen LogP contribution in [0.15, 0.2) is 44.4 Å². The van der Waals surface area contributed by atoms with Crippen molar-refractivity contribution < 1.29 is 26.7 Å². The first-order valence-corrected chi connectivity index (χ1v) is 11.5. The van der Waals surface area contributed by atoms with Gasteiger partial charge < -0.3 is 4.42 Å². The van der Waals surface area contributed by atoms with E-state index < -0.39 is 33.6 Å². The van der Waals surface area contributed by atoms with Crippen molar-refractivity contribution in [1.29, 1.82) is 0 Å². The minimum Gasteiger partial charge on any atom is -0.350 e. The number of H-pyrrole nitrogens is 1. The molecule has 168 valence electrons. The average molecular weight is 482 g/mol. The van der Waals surface area contributed by atoms with Gasteiger partial charge in [0, 0.05) is 16.5 Å². The number of nitrogens with zero attached hydrogens (tertiary/aromatic N) is 3. The van der Waals surface area contributed by atoms with Crippen LogP contribution in [0.3, 0.4) is 0 Å². The van der Waals surface area contributed by atoms with E-state index in [4.69, 9.17) is 20.9 Å². The van der Waals surface area contributed by atoms with E-state index in [1.165, 1.54) is 41.1 Å². The summed E-state index contributed by atoms with van der Waals surface area (Å²) < 4.78 is 50.2. The molecule has 32 heavy (non-hydrogen) atoms. The number of hydrogen-bond acceptors (Lipinski definition) is 6. The molecule has 1 N–H and O–H groups in total. The van der Waals surface area contributed by atoms with Gasteiger partial charge in [-0.2, -0.15) is 4.31 Å². The fourth-order valence-corrected chi connectivity index (χ4v) is 6.45. The number of fused-ring (bicyclic) bond motifs is 4. The molecule has 9 nitrogen and oxygen atoms in total. The predicted octanol–water partition coefficient (Wildman–Crippen LogP) is 2.53. The Kier molecular flexibility index (Phi) is 4.71. The van der Waals surface area contributed by atoms with Crippen LogP contribution in [0.2, 0.25) is 5.02 Å². The zero-order valence-electron chi connectivity index (χ0n) is 17.3. The predicted molar refractivity (Wildman–Crippen MR) is 112 cm³/mol. The number of halogens is 2. The third-order valence-corrected chi connectivity index (χ3v) is 8.06. The molecule has 0 unspecified atom stereocenters. The van der Waals surface area contributed by atoms with Crippen LogP contribution in [-0.2, 0) is 14.9 Å². The summed E-state index contributed by atoms with van der Waals surface area (Å²) in [5.41, 5.74) is 1.70. The Morgan fingerprint density at radius 2 is 2.06 bits per heavy atom. The number of benzene rings is 2. The van der Waals surface area contributed by atoms with E-state index in [0.29, 0.717) is 16.3 Å². The smallest absolute Gasteiger partial charge is 0.350 e. The van der Waals surface area contributed by atoms with Gasteiger partial charge >= 0.3 is 11.6 Å². The van der Waals surface area contributed by atoms with Crippen LogP contribution < -0.4 is 15.5 Å². The lowest BCUT2D eigenvalue weighted by Gasteiger charge is -2.40. The van der Waals surface area contributed by atoms with Gasteiger partial charge in [0.25, 0.3) is 0 Å². The second kappa shape index (κ2) is 7.14. The van der Waals surface area contributed by atoms with Gasteiger partial charge in [-0.1, -0.05) is 23.6 Å². The van der Waals surface area contributed by atoms with Crippen molar-refractivity contribution in [3.8, 4) is 5.69 Å². The first-order valence-electron chi connectivity index (χ1n) is 9.72. The van der Waals surface area contributed by atoms with Gasteiger partial charge in [0.15, 0.2) is 6.04 Å². The molecule has 5 rings (SSSR count). The third kappa shape index (κ3) is 2.85. The highest BCUT2D eigenvalue weighted by molar-refractivity contribution is 7.89. The highest BCUT2D eigenvalue weighted by atomic mass is 35.5. The van der Waals surface area contributed by atoms with Crippen LogP contribution in [0.25, 0.3) is 5.69 Å². The van der Waals surface area contributed by atoms with E-state index in [1.54, 1.807) is 19.9 Å². The molecule has 12 heteroatoms. The maximum atomic E-state index is 15.0. The zero-order valence-corrected chi connectivity index (χ0v) is 18.9. The molecule has 3 aromatic rings. The van der Waals surface area contributed by atoms with Crippen molar-refractivity contribution in [3.63, 3.8) is 0 Å². The molecule has 0 aliphatic carbocycles. The number of hydroxylamine groups is 1. The molecule has 3 heterocycles. The quantitative estimate of drug-likeness (QED) is 0.565. The Hall–Kier alpha value is -2.73. The second-order valence-corrected chi connectivity index (χ2v) is 10.0. The van der Waals surface area contributed by atoms with E-state index in [1.807, 2.05) is 0 Å². The Balaban J connectivity index is 1.76. The molecule has 0 spiro atoms. The van der Waals surface area contributed by atoms with Crippen LogP contribution in [-0.4, -0.2) is 31.6 Å². The molecule has 0 bridgehead atoms. The van der Waals surface area contributed by atoms with Gasteiger partial charge in [0.05, 0.1) is 18.4 Å². The maximum Gasteiger partial charge on any atom is 0.470 e. The lowest BCUT2D eigenvalue weighted by Crippen LogP contribution is -2.54. The number of aromatic amines is 1. The van der Waals surface area contributed by atoms with Crippen molar-refractivity contribution in [3.05, 3.63) is 68.7 Å². The monoisotopic (exact) mass is 481 g/mol. The molecule has 1 aromatic heterocycles. The van der Waals surface area contributed by atoms with Crippen LogP contribution in [0.4, 0.5) is 10.1 Å². The summed E-state index contributed by atoms with van der Waals surface area (Å²) in [5.74, 6) is -1.90. The van der Waals surface area contributed by atoms with Crippen molar-refractivity contribution >= 4 is 27.3 Å². The molecule has 2 aromatic carbocycles. The molecule has 2 aliphatic rings. The number of aromatic nitrogens is 2. The fraction of sp³-hybridized carbons (Fsp3) is 0.300. The van der Waals surface area contributed by atoms with E-state index >= 15 is 4.39 Å². The molecule has 0 fully saturated rings. The summed E-state index contributed by atoms with van der Waals surface area (Å²) in [5, 5.41) is 4.25. The van der Waals surface area contributed by atoms with Crippen molar-refractivity contribution in [1.82, 2.24) is 9.40 Å². The summed E-state index contributed by atoms with van der Waals surface area (Å²) in [4.78, 5) is 17.6. The molecule has 0 amide bonds. The highest BCUT2D eigenvalue weighted by Gasteiger charge is 2.53. The van der Waals surface area contributed by atoms with Gasteiger partial charge in [-0.3, -0.25) is 4.84 Å². The second-order valence-electron chi connectivity index (χ2n) is 7.74. The number of rotatable bonds is 2. The average Bonchev–Trinajstić information content (AvgIpc) is 3.12. The molecule has 2 aliphatic heterocycles. The van der Waals surface area contributed by atoms with Crippen molar-refractivity contribution in [2.75, 3.05) is 18.8 Å². The van der Waals surface area contributed by atoms with E-state index in [-0.39, 0.29) is 28.7 Å². The van der Waals surface area contributed by atoms with E-state index in [0.717, 1.165) is 4.31 Å². The lowest BCUT2D eigenvalue weighted by atomic mass is 9.87. The van der Waals surface area contributed by atoms with Gasteiger partial charge in [-0.15, -0.1) is 0 Å². The first kappa shape index (κ1) is 21.1. The molecule has 0 saturated heterocycles. The standard InChI is InChI=1S/C20H18ClFN4O5S/c1-10-4-6-13(22)16-11(2)18(19-26(17(10)16)23-20(27)31-19)25-9-24(30-3)14-8-12(21)5-7-15(14)32(25,28)29/h4-8,11,18H,9H2,1-3H3/p+1/t11-,18+/m1/s1. The number of anilines is 1. The molecule has 0 saturated carbocycles. The number of aryl methyl sites for hydroxylation is 1. The Bertz CT molecular complexity index is 1420. The largest absolute Gasteiger partial charge is 0.470 e. The SMILES string of the molecule is CON1CN([C@@H]2c3oc(=O)[nH][n+]3-c3c(C)ccc(F)c3[C@H]2C)S(=O)(=O)c2ccc(Cl)cc21. The first-order chi connectivity index (χ1) is 15.1. The lowest BCUT2D eigenvalue weighted by molar-refractivity contribution is -0.675. The summed E-state index contributed by atoms with van der Waals surface area (Å²) in [6, 6.07) is 6.24. The van der Waals surface area contributed by atoms with Gasteiger partial charge in [0.2, 0.25) is 15.7 Å². The summed E-state index contributed by atoms with van der Waals surface area (Å²) >= 11 is 6.07. The number of hydrogen-bond donors (Lipinski definition) is 1. The fourth-order valence-electron chi connectivity index (χ4n) is 4.54. The Morgan fingerprint density at radius 3 is 2.78 bits per heavy atom. The van der Waals surface area contributed by atoms with Gasteiger partial charge in [-0.25, -0.2) is 22.7 Å².